The Hall–Kier alpha value is -0.880. The van der Waals surface area contributed by atoms with E-state index in [4.69, 9.17) is 0 Å². The van der Waals surface area contributed by atoms with Crippen molar-refractivity contribution in [1.82, 2.24) is 4.90 Å². The van der Waals surface area contributed by atoms with Gasteiger partial charge in [-0.1, -0.05) is 6.42 Å². The van der Waals surface area contributed by atoms with Crippen LogP contribution in [0.3, 0.4) is 0 Å². The summed E-state index contributed by atoms with van der Waals surface area (Å²) in [7, 11) is -3.22. The van der Waals surface area contributed by atoms with Crippen LogP contribution in [0.25, 0.3) is 0 Å². The molecular weight excluding hydrogens is 282 g/mol. The van der Waals surface area contributed by atoms with Gasteiger partial charge in [0.25, 0.3) is 0 Å². The van der Waals surface area contributed by atoms with Crippen LogP contribution in [0.1, 0.15) is 29.7 Å². The molecule has 0 aromatic carbocycles. The number of sulfone groups is 1. The molecule has 2 aliphatic heterocycles. The average molecular weight is 299 g/mol. The van der Waals surface area contributed by atoms with Crippen molar-refractivity contribution in [2.24, 2.45) is 0 Å². The van der Waals surface area contributed by atoms with Gasteiger partial charge in [-0.05, 0) is 36.3 Å². The Balaban J connectivity index is 1.78. The Labute approximate surface area is 117 Å². The number of fused-ring (bicyclic) bond motifs is 1. The number of amides is 1. The van der Waals surface area contributed by atoms with Gasteiger partial charge < -0.3 is 4.90 Å². The molecule has 1 aromatic heterocycles. The summed E-state index contributed by atoms with van der Waals surface area (Å²) in [5.74, 6) is -0.0136. The molecule has 3 heterocycles. The molecule has 1 fully saturated rings. The molecule has 1 amide bonds. The first kappa shape index (κ1) is 13.1. The van der Waals surface area contributed by atoms with Gasteiger partial charge in [-0.3, -0.25) is 4.79 Å². The summed E-state index contributed by atoms with van der Waals surface area (Å²) in [6.07, 6.45) is 2.88. The average Bonchev–Trinajstić information content (AvgIpc) is 2.84. The van der Waals surface area contributed by atoms with E-state index >= 15 is 0 Å². The SMILES string of the molecule is O=C(C1CCCCS1(=O)=O)N1CCc2ccsc2C1. The zero-order chi connectivity index (χ0) is 13.5. The lowest BCUT2D eigenvalue weighted by molar-refractivity contribution is -0.131. The van der Waals surface area contributed by atoms with Gasteiger partial charge in [0.1, 0.15) is 5.25 Å². The third kappa shape index (κ3) is 2.43. The molecule has 4 nitrogen and oxygen atoms in total. The van der Waals surface area contributed by atoms with Gasteiger partial charge in [-0.15, -0.1) is 11.3 Å². The summed E-state index contributed by atoms with van der Waals surface area (Å²) in [6.45, 7) is 1.23. The van der Waals surface area contributed by atoms with Gasteiger partial charge in [0, 0.05) is 11.4 Å². The van der Waals surface area contributed by atoms with E-state index in [2.05, 4.69) is 6.07 Å². The normalized spacial score (nSPS) is 25.9. The van der Waals surface area contributed by atoms with Crippen LogP contribution in [-0.2, 0) is 27.6 Å². The lowest BCUT2D eigenvalue weighted by atomic mass is 10.1. The quantitative estimate of drug-likeness (QED) is 0.791. The van der Waals surface area contributed by atoms with Gasteiger partial charge >= 0.3 is 0 Å². The number of rotatable bonds is 1. The molecular formula is C13H17NO3S2. The highest BCUT2D eigenvalue weighted by Crippen LogP contribution is 2.27. The first-order valence-corrected chi connectivity index (χ1v) is 9.23. The first-order valence-electron chi connectivity index (χ1n) is 6.63. The summed E-state index contributed by atoms with van der Waals surface area (Å²) in [4.78, 5) is 15.4. The first-order chi connectivity index (χ1) is 9.08. The molecule has 0 saturated carbocycles. The molecule has 0 N–H and O–H groups in total. The van der Waals surface area contributed by atoms with E-state index in [0.29, 0.717) is 25.9 Å². The molecule has 1 saturated heterocycles. The molecule has 0 bridgehead atoms. The standard InChI is InChI=1S/C13H17NO3S2/c15-13(12-3-1-2-8-19(12,16)17)14-6-4-10-5-7-18-11(10)9-14/h5,7,12H,1-4,6,8-9H2. The second-order valence-corrected chi connectivity index (χ2v) is 8.53. The van der Waals surface area contributed by atoms with Crippen LogP contribution in [-0.4, -0.2) is 36.8 Å². The lowest BCUT2D eigenvalue weighted by Crippen LogP contribution is -2.46. The number of hydrogen-bond acceptors (Lipinski definition) is 4. The topological polar surface area (TPSA) is 54.5 Å². The van der Waals surface area contributed by atoms with Crippen molar-refractivity contribution in [1.29, 1.82) is 0 Å². The number of carbonyl (C=O) groups is 1. The van der Waals surface area contributed by atoms with Crippen LogP contribution in [0.2, 0.25) is 0 Å². The maximum absolute atomic E-state index is 12.5. The largest absolute Gasteiger partial charge is 0.336 e. The molecule has 104 valence electrons. The van der Waals surface area contributed by atoms with Crippen LogP contribution in [0, 0.1) is 0 Å². The fraction of sp³-hybridized carbons (Fsp3) is 0.615. The van der Waals surface area contributed by atoms with Gasteiger partial charge in [0.15, 0.2) is 9.84 Å². The third-order valence-corrected chi connectivity index (χ3v) is 7.10. The highest BCUT2D eigenvalue weighted by molar-refractivity contribution is 7.92. The van der Waals surface area contributed by atoms with Crippen molar-refractivity contribution in [2.75, 3.05) is 12.3 Å². The molecule has 1 unspecified atom stereocenters. The Kier molecular flexibility index (Phi) is 3.39. The Morgan fingerprint density at radius 2 is 2.21 bits per heavy atom. The third-order valence-electron chi connectivity index (χ3n) is 3.99. The highest BCUT2D eigenvalue weighted by atomic mass is 32.2. The molecule has 0 radical (unpaired) electrons. The Morgan fingerprint density at radius 3 is 3.00 bits per heavy atom. The Morgan fingerprint density at radius 1 is 1.37 bits per heavy atom. The van der Waals surface area contributed by atoms with E-state index in [9.17, 15) is 13.2 Å². The number of hydrogen-bond donors (Lipinski definition) is 0. The van der Waals surface area contributed by atoms with E-state index in [1.165, 1.54) is 10.4 Å². The van der Waals surface area contributed by atoms with Gasteiger partial charge in [-0.2, -0.15) is 0 Å². The summed E-state index contributed by atoms with van der Waals surface area (Å²) < 4.78 is 24.0. The van der Waals surface area contributed by atoms with Crippen LogP contribution in [0.4, 0.5) is 0 Å². The van der Waals surface area contributed by atoms with Crippen molar-refractivity contribution >= 4 is 27.1 Å². The predicted molar refractivity (Wildman–Crippen MR) is 74.9 cm³/mol. The second kappa shape index (κ2) is 4.90. The van der Waals surface area contributed by atoms with E-state index in [0.717, 1.165) is 12.8 Å². The maximum Gasteiger partial charge on any atom is 0.241 e. The second-order valence-electron chi connectivity index (χ2n) is 5.23. The van der Waals surface area contributed by atoms with Crippen molar-refractivity contribution in [2.45, 2.75) is 37.5 Å². The van der Waals surface area contributed by atoms with E-state index in [-0.39, 0.29) is 11.7 Å². The fourth-order valence-corrected chi connectivity index (χ4v) is 5.68. The van der Waals surface area contributed by atoms with Crippen molar-refractivity contribution < 1.29 is 13.2 Å². The van der Waals surface area contributed by atoms with Gasteiger partial charge in [0.2, 0.25) is 5.91 Å². The summed E-state index contributed by atoms with van der Waals surface area (Å²) in [5, 5.41) is 1.25. The molecule has 3 rings (SSSR count). The van der Waals surface area contributed by atoms with Crippen molar-refractivity contribution in [3.8, 4) is 0 Å². The van der Waals surface area contributed by atoms with Crippen LogP contribution >= 0.6 is 11.3 Å². The lowest BCUT2D eigenvalue weighted by Gasteiger charge is -2.31. The highest BCUT2D eigenvalue weighted by Gasteiger charge is 2.38. The van der Waals surface area contributed by atoms with E-state index in [1.807, 2.05) is 5.38 Å². The molecule has 6 heteroatoms. The molecule has 2 aliphatic rings. The zero-order valence-corrected chi connectivity index (χ0v) is 12.3. The number of carbonyl (C=O) groups excluding carboxylic acids is 1. The maximum atomic E-state index is 12.5. The fourth-order valence-electron chi connectivity index (χ4n) is 2.86. The van der Waals surface area contributed by atoms with Crippen molar-refractivity contribution in [3.63, 3.8) is 0 Å². The number of nitrogens with zero attached hydrogens (tertiary/aromatic N) is 1. The molecule has 1 aromatic rings. The van der Waals surface area contributed by atoms with Crippen LogP contribution in [0.15, 0.2) is 11.4 Å². The molecule has 1 atom stereocenters. The minimum atomic E-state index is -3.22. The predicted octanol–water partition coefficient (Wildman–Crippen LogP) is 1.60. The van der Waals surface area contributed by atoms with Crippen molar-refractivity contribution in [3.05, 3.63) is 21.9 Å². The smallest absolute Gasteiger partial charge is 0.241 e. The minimum absolute atomic E-state index is 0.168. The summed E-state index contributed by atoms with van der Waals surface area (Å²) >= 11 is 1.65. The monoisotopic (exact) mass is 299 g/mol. The van der Waals surface area contributed by atoms with Crippen LogP contribution < -0.4 is 0 Å². The summed E-state index contributed by atoms with van der Waals surface area (Å²) in [5.41, 5.74) is 1.31. The summed E-state index contributed by atoms with van der Waals surface area (Å²) in [6, 6.07) is 2.10. The zero-order valence-electron chi connectivity index (χ0n) is 10.7. The van der Waals surface area contributed by atoms with E-state index in [1.54, 1.807) is 16.2 Å². The molecule has 0 aliphatic carbocycles. The molecule has 0 spiro atoms. The number of thiophene rings is 1. The van der Waals surface area contributed by atoms with Crippen LogP contribution in [0.5, 0.6) is 0 Å². The van der Waals surface area contributed by atoms with E-state index < -0.39 is 15.1 Å². The molecule has 19 heavy (non-hydrogen) atoms. The van der Waals surface area contributed by atoms with Gasteiger partial charge in [0.05, 0.1) is 12.3 Å². The van der Waals surface area contributed by atoms with Gasteiger partial charge in [-0.25, -0.2) is 8.42 Å². The minimum Gasteiger partial charge on any atom is -0.336 e. The Bertz CT molecular complexity index is 591.